The molecule has 0 aliphatic heterocycles. The second-order valence-electron chi connectivity index (χ2n) is 8.15. The highest BCUT2D eigenvalue weighted by atomic mass is 79.9. The Labute approximate surface area is 200 Å². The van der Waals surface area contributed by atoms with Crippen molar-refractivity contribution < 1.29 is 18.7 Å². The number of nitrogens with one attached hydrogen (secondary N) is 2. The van der Waals surface area contributed by atoms with Crippen LogP contribution in [0.25, 0.3) is 11.0 Å². The first-order chi connectivity index (χ1) is 15.7. The van der Waals surface area contributed by atoms with Crippen molar-refractivity contribution in [1.29, 1.82) is 0 Å². The van der Waals surface area contributed by atoms with Crippen molar-refractivity contribution in [3.63, 3.8) is 0 Å². The Kier molecular flexibility index (Phi) is 6.24. The molecule has 168 valence electrons. The Bertz CT molecular complexity index is 1290. The summed E-state index contributed by atoms with van der Waals surface area (Å²) in [6.07, 6.45) is 0. The van der Waals surface area contributed by atoms with Gasteiger partial charge in [-0.1, -0.05) is 34.1 Å². The van der Waals surface area contributed by atoms with Gasteiger partial charge in [-0.05, 0) is 80.9 Å². The minimum atomic E-state index is -1.09. The number of halogens is 1. The van der Waals surface area contributed by atoms with Crippen LogP contribution in [0.4, 0.5) is 11.4 Å². The molecule has 2 amide bonds. The maximum atomic E-state index is 12.8. The van der Waals surface area contributed by atoms with Gasteiger partial charge in [-0.3, -0.25) is 9.59 Å². The molecule has 0 atom stereocenters. The zero-order chi connectivity index (χ0) is 23.6. The van der Waals surface area contributed by atoms with Gasteiger partial charge in [0.05, 0.1) is 0 Å². The van der Waals surface area contributed by atoms with Crippen LogP contribution in [0.3, 0.4) is 0 Å². The number of rotatable bonds is 6. The molecule has 4 aromatic rings. The standard InChI is InChI=1S/C26H23BrN2O4/c1-16-14-19(28-25(31)26(2,3)33-20-11-8-18(27)9-12-20)10-13-21(16)29-24(30)23-15-17-6-4-5-7-22(17)32-23/h4-15H,1-3H3,(H,28,31)(H,29,30). The number of anilines is 2. The van der Waals surface area contributed by atoms with Gasteiger partial charge >= 0.3 is 0 Å². The van der Waals surface area contributed by atoms with Crippen molar-refractivity contribution >= 4 is 50.1 Å². The average Bonchev–Trinajstić information content (AvgIpc) is 3.21. The van der Waals surface area contributed by atoms with E-state index in [0.29, 0.717) is 22.7 Å². The number of para-hydroxylation sites is 1. The molecule has 1 aromatic heterocycles. The highest BCUT2D eigenvalue weighted by Gasteiger charge is 2.30. The smallest absolute Gasteiger partial charge is 0.291 e. The van der Waals surface area contributed by atoms with Crippen LogP contribution in [0.2, 0.25) is 0 Å². The minimum absolute atomic E-state index is 0.236. The lowest BCUT2D eigenvalue weighted by Gasteiger charge is -2.25. The van der Waals surface area contributed by atoms with Crippen molar-refractivity contribution in [3.8, 4) is 5.75 Å². The van der Waals surface area contributed by atoms with Gasteiger partial charge in [-0.2, -0.15) is 0 Å². The molecule has 6 nitrogen and oxygen atoms in total. The fourth-order valence-corrected chi connectivity index (χ4v) is 3.55. The number of benzene rings is 3. The fraction of sp³-hybridized carbons (Fsp3) is 0.154. The third kappa shape index (κ3) is 5.26. The molecular formula is C26H23BrN2O4. The van der Waals surface area contributed by atoms with E-state index in [2.05, 4.69) is 26.6 Å². The van der Waals surface area contributed by atoms with Crippen LogP contribution >= 0.6 is 15.9 Å². The quantitative estimate of drug-likeness (QED) is 0.310. The summed E-state index contributed by atoms with van der Waals surface area (Å²) in [5, 5.41) is 6.61. The number of furan rings is 1. The van der Waals surface area contributed by atoms with Crippen LogP contribution in [-0.4, -0.2) is 17.4 Å². The summed E-state index contributed by atoms with van der Waals surface area (Å²) < 4.78 is 12.4. The molecule has 0 unspecified atom stereocenters. The number of carbonyl (C=O) groups excluding carboxylic acids is 2. The van der Waals surface area contributed by atoms with E-state index in [9.17, 15) is 9.59 Å². The lowest BCUT2D eigenvalue weighted by atomic mass is 10.1. The monoisotopic (exact) mass is 506 g/mol. The van der Waals surface area contributed by atoms with E-state index < -0.39 is 5.60 Å². The van der Waals surface area contributed by atoms with Crippen molar-refractivity contribution in [2.45, 2.75) is 26.4 Å². The largest absolute Gasteiger partial charge is 0.478 e. The number of hydrogen-bond donors (Lipinski definition) is 2. The zero-order valence-electron chi connectivity index (χ0n) is 18.4. The van der Waals surface area contributed by atoms with E-state index in [0.717, 1.165) is 15.4 Å². The Balaban J connectivity index is 1.42. The lowest BCUT2D eigenvalue weighted by Crippen LogP contribution is -2.42. The maximum Gasteiger partial charge on any atom is 0.291 e. The zero-order valence-corrected chi connectivity index (χ0v) is 20.0. The lowest BCUT2D eigenvalue weighted by molar-refractivity contribution is -0.128. The van der Waals surface area contributed by atoms with E-state index in [4.69, 9.17) is 9.15 Å². The summed E-state index contributed by atoms with van der Waals surface area (Å²) in [5.41, 5.74) is 1.60. The summed E-state index contributed by atoms with van der Waals surface area (Å²) in [6, 6.07) is 21.7. The molecule has 0 aliphatic rings. The van der Waals surface area contributed by atoms with Crippen LogP contribution < -0.4 is 15.4 Å². The summed E-state index contributed by atoms with van der Waals surface area (Å²) in [5.74, 6) is 0.206. The highest BCUT2D eigenvalue weighted by molar-refractivity contribution is 9.10. The highest BCUT2D eigenvalue weighted by Crippen LogP contribution is 2.25. The molecule has 1 heterocycles. The molecule has 4 rings (SSSR count). The van der Waals surface area contributed by atoms with Gasteiger partial charge in [-0.25, -0.2) is 0 Å². The van der Waals surface area contributed by atoms with E-state index in [1.807, 2.05) is 43.3 Å². The first kappa shape index (κ1) is 22.6. The Morgan fingerprint density at radius 1 is 0.939 bits per heavy atom. The molecule has 33 heavy (non-hydrogen) atoms. The van der Waals surface area contributed by atoms with E-state index in [-0.39, 0.29) is 17.6 Å². The maximum absolute atomic E-state index is 12.8. The molecule has 0 bridgehead atoms. The summed E-state index contributed by atoms with van der Waals surface area (Å²) >= 11 is 3.38. The van der Waals surface area contributed by atoms with Gasteiger partial charge in [0.1, 0.15) is 11.3 Å². The predicted molar refractivity (Wildman–Crippen MR) is 133 cm³/mol. The molecular weight excluding hydrogens is 484 g/mol. The van der Waals surface area contributed by atoms with Crippen LogP contribution in [0.5, 0.6) is 5.75 Å². The van der Waals surface area contributed by atoms with Gasteiger partial charge in [0.15, 0.2) is 11.4 Å². The van der Waals surface area contributed by atoms with Crippen molar-refractivity contribution in [2.75, 3.05) is 10.6 Å². The molecule has 0 spiro atoms. The second-order valence-corrected chi connectivity index (χ2v) is 9.07. The van der Waals surface area contributed by atoms with Crippen LogP contribution in [0.1, 0.15) is 30.0 Å². The van der Waals surface area contributed by atoms with Gasteiger partial charge < -0.3 is 19.8 Å². The number of amides is 2. The number of aryl methyl sites for hydroxylation is 1. The number of carbonyl (C=O) groups is 2. The van der Waals surface area contributed by atoms with Crippen molar-refractivity contribution in [3.05, 3.63) is 88.6 Å². The first-order valence-corrected chi connectivity index (χ1v) is 11.2. The van der Waals surface area contributed by atoms with Crippen LogP contribution in [-0.2, 0) is 4.79 Å². The summed E-state index contributed by atoms with van der Waals surface area (Å²) in [6.45, 7) is 5.27. The number of fused-ring (bicyclic) bond motifs is 1. The van der Waals surface area contributed by atoms with E-state index in [1.54, 1.807) is 50.2 Å². The third-order valence-corrected chi connectivity index (χ3v) is 5.64. The Morgan fingerprint density at radius 2 is 1.67 bits per heavy atom. The number of ether oxygens (including phenoxy) is 1. The van der Waals surface area contributed by atoms with E-state index in [1.165, 1.54) is 0 Å². The van der Waals surface area contributed by atoms with Crippen molar-refractivity contribution in [2.24, 2.45) is 0 Å². The van der Waals surface area contributed by atoms with Crippen LogP contribution in [0.15, 0.2) is 81.7 Å². The molecule has 0 saturated heterocycles. The molecule has 0 aliphatic carbocycles. The number of hydrogen-bond acceptors (Lipinski definition) is 4. The first-order valence-electron chi connectivity index (χ1n) is 10.4. The minimum Gasteiger partial charge on any atom is -0.478 e. The van der Waals surface area contributed by atoms with Gasteiger partial charge in [0.25, 0.3) is 11.8 Å². The van der Waals surface area contributed by atoms with Crippen molar-refractivity contribution in [1.82, 2.24) is 0 Å². The topological polar surface area (TPSA) is 80.6 Å². The third-order valence-electron chi connectivity index (χ3n) is 5.12. The fourth-order valence-electron chi connectivity index (χ4n) is 3.28. The van der Waals surface area contributed by atoms with Gasteiger partial charge in [0.2, 0.25) is 0 Å². The summed E-state index contributed by atoms with van der Waals surface area (Å²) in [4.78, 5) is 25.5. The Hall–Kier alpha value is -3.58. The Morgan fingerprint density at radius 3 is 2.36 bits per heavy atom. The molecule has 0 fully saturated rings. The SMILES string of the molecule is Cc1cc(NC(=O)C(C)(C)Oc2ccc(Br)cc2)ccc1NC(=O)c1cc2ccccc2o1. The van der Waals surface area contributed by atoms with E-state index >= 15 is 0 Å². The molecule has 2 N–H and O–H groups in total. The summed E-state index contributed by atoms with van der Waals surface area (Å²) in [7, 11) is 0. The van der Waals surface area contributed by atoms with Gasteiger partial charge in [0, 0.05) is 21.2 Å². The van der Waals surface area contributed by atoms with Gasteiger partial charge in [-0.15, -0.1) is 0 Å². The van der Waals surface area contributed by atoms with Crippen LogP contribution in [0, 0.1) is 6.92 Å². The molecule has 7 heteroatoms. The second kappa shape index (κ2) is 9.11. The molecule has 0 saturated carbocycles. The normalized spacial score (nSPS) is 11.3. The molecule has 0 radical (unpaired) electrons. The predicted octanol–water partition coefficient (Wildman–Crippen LogP) is 6.55. The average molecular weight is 507 g/mol. The molecule has 3 aromatic carbocycles.